The number of hydrogen-bond acceptors (Lipinski definition) is 4. The second-order valence-electron chi connectivity index (χ2n) is 6.48. The van der Waals surface area contributed by atoms with Crippen molar-refractivity contribution in [3.8, 4) is 0 Å². The number of nitrogens with zero attached hydrogens (tertiary/aromatic N) is 1. The van der Waals surface area contributed by atoms with E-state index in [1.165, 1.54) is 0 Å². The van der Waals surface area contributed by atoms with E-state index in [-0.39, 0.29) is 11.3 Å². The van der Waals surface area contributed by atoms with Crippen LogP contribution in [0.1, 0.15) is 20.8 Å². The Morgan fingerprint density at radius 3 is 2.33 bits per heavy atom. The van der Waals surface area contributed by atoms with Crippen LogP contribution in [0.2, 0.25) is 0 Å². The number of nitrogens with two attached hydrogens (primary N) is 1. The molecular formula is C16H25N3O2. The monoisotopic (exact) mass is 291 g/mol. The van der Waals surface area contributed by atoms with Gasteiger partial charge in [0.25, 0.3) is 0 Å². The largest absolute Gasteiger partial charge is 0.378 e. The minimum absolute atomic E-state index is 0.151. The minimum atomic E-state index is -0.531. The molecule has 3 N–H and O–H groups in total. The standard InChI is InChI=1S/C16H25N3O2/c1-16(2,3)14(17)15(20)18-12-4-6-13(7-5-12)19-8-10-21-11-9-19/h4-7,14H,8-11,17H2,1-3H3,(H,18,20). The quantitative estimate of drug-likeness (QED) is 0.891. The van der Waals surface area contributed by atoms with E-state index in [0.717, 1.165) is 37.7 Å². The molecule has 0 radical (unpaired) electrons. The molecule has 1 atom stereocenters. The van der Waals surface area contributed by atoms with Crippen LogP contribution in [0.5, 0.6) is 0 Å². The zero-order valence-electron chi connectivity index (χ0n) is 13.1. The predicted octanol–water partition coefficient (Wildman–Crippen LogP) is 1.84. The number of morpholine rings is 1. The highest BCUT2D eigenvalue weighted by atomic mass is 16.5. The first kappa shape index (κ1) is 15.8. The molecule has 1 aromatic carbocycles. The van der Waals surface area contributed by atoms with Gasteiger partial charge in [0.05, 0.1) is 19.3 Å². The second kappa shape index (κ2) is 6.45. The molecule has 0 aromatic heterocycles. The van der Waals surface area contributed by atoms with Crippen molar-refractivity contribution in [3.05, 3.63) is 24.3 Å². The smallest absolute Gasteiger partial charge is 0.241 e. The van der Waals surface area contributed by atoms with Crippen molar-refractivity contribution in [1.82, 2.24) is 0 Å². The molecule has 0 bridgehead atoms. The Bertz CT molecular complexity index is 473. The Labute approximate surface area is 126 Å². The lowest BCUT2D eigenvalue weighted by atomic mass is 9.87. The summed E-state index contributed by atoms with van der Waals surface area (Å²) in [5.74, 6) is -0.151. The molecule has 0 saturated carbocycles. The predicted molar refractivity (Wildman–Crippen MR) is 85.5 cm³/mol. The molecule has 1 unspecified atom stereocenters. The van der Waals surface area contributed by atoms with Gasteiger partial charge in [0, 0.05) is 24.5 Å². The number of carbonyl (C=O) groups excluding carboxylic acids is 1. The SMILES string of the molecule is CC(C)(C)C(N)C(=O)Nc1ccc(N2CCOCC2)cc1. The van der Waals surface area contributed by atoms with E-state index in [9.17, 15) is 4.79 Å². The van der Waals surface area contributed by atoms with Crippen LogP contribution in [0.25, 0.3) is 0 Å². The summed E-state index contributed by atoms with van der Waals surface area (Å²) < 4.78 is 5.34. The number of hydrogen-bond donors (Lipinski definition) is 2. The average molecular weight is 291 g/mol. The molecule has 1 saturated heterocycles. The lowest BCUT2D eigenvalue weighted by Crippen LogP contribution is -2.45. The van der Waals surface area contributed by atoms with Crippen molar-refractivity contribution < 1.29 is 9.53 Å². The van der Waals surface area contributed by atoms with E-state index < -0.39 is 6.04 Å². The van der Waals surface area contributed by atoms with E-state index in [1.807, 2.05) is 45.0 Å². The third kappa shape index (κ3) is 4.19. The van der Waals surface area contributed by atoms with E-state index in [0.29, 0.717) is 0 Å². The maximum atomic E-state index is 12.1. The Morgan fingerprint density at radius 1 is 1.24 bits per heavy atom. The fraction of sp³-hybridized carbons (Fsp3) is 0.562. The first-order chi connectivity index (χ1) is 9.88. The molecule has 1 amide bonds. The maximum absolute atomic E-state index is 12.1. The van der Waals surface area contributed by atoms with Crippen LogP contribution < -0.4 is 16.0 Å². The number of anilines is 2. The molecule has 1 aliphatic heterocycles. The minimum Gasteiger partial charge on any atom is -0.378 e. The van der Waals surface area contributed by atoms with E-state index >= 15 is 0 Å². The lowest BCUT2D eigenvalue weighted by molar-refractivity contribution is -0.119. The van der Waals surface area contributed by atoms with Crippen molar-refractivity contribution in [2.45, 2.75) is 26.8 Å². The van der Waals surface area contributed by atoms with Gasteiger partial charge in [-0.15, -0.1) is 0 Å². The molecule has 1 fully saturated rings. The number of ether oxygens (including phenoxy) is 1. The van der Waals surface area contributed by atoms with E-state index in [4.69, 9.17) is 10.5 Å². The summed E-state index contributed by atoms with van der Waals surface area (Å²) in [5.41, 5.74) is 7.63. The van der Waals surface area contributed by atoms with Crippen LogP contribution in [0.3, 0.4) is 0 Å². The topological polar surface area (TPSA) is 67.6 Å². The zero-order chi connectivity index (χ0) is 15.5. The summed E-state index contributed by atoms with van der Waals surface area (Å²) in [5, 5.41) is 2.87. The van der Waals surface area contributed by atoms with Crippen LogP contribution in [0.15, 0.2) is 24.3 Å². The van der Waals surface area contributed by atoms with Gasteiger partial charge in [-0.25, -0.2) is 0 Å². The summed E-state index contributed by atoms with van der Waals surface area (Å²) in [6.45, 7) is 9.20. The van der Waals surface area contributed by atoms with Gasteiger partial charge >= 0.3 is 0 Å². The highest BCUT2D eigenvalue weighted by Gasteiger charge is 2.27. The van der Waals surface area contributed by atoms with Gasteiger partial charge < -0.3 is 20.7 Å². The third-order valence-electron chi connectivity index (χ3n) is 3.73. The molecule has 0 aliphatic carbocycles. The summed E-state index contributed by atoms with van der Waals surface area (Å²) in [7, 11) is 0. The highest BCUT2D eigenvalue weighted by molar-refractivity contribution is 5.95. The van der Waals surface area contributed by atoms with Gasteiger partial charge in [-0.1, -0.05) is 20.8 Å². The molecule has 5 nitrogen and oxygen atoms in total. The molecule has 1 heterocycles. The molecule has 1 aromatic rings. The molecule has 21 heavy (non-hydrogen) atoms. The van der Waals surface area contributed by atoms with Crippen molar-refractivity contribution in [2.75, 3.05) is 36.5 Å². The van der Waals surface area contributed by atoms with Crippen LogP contribution in [-0.2, 0) is 9.53 Å². The number of carbonyl (C=O) groups is 1. The maximum Gasteiger partial charge on any atom is 0.241 e. The van der Waals surface area contributed by atoms with Gasteiger partial charge in [0.2, 0.25) is 5.91 Å². The van der Waals surface area contributed by atoms with Crippen LogP contribution >= 0.6 is 0 Å². The molecule has 5 heteroatoms. The van der Waals surface area contributed by atoms with Crippen LogP contribution in [-0.4, -0.2) is 38.3 Å². The van der Waals surface area contributed by atoms with Crippen molar-refractivity contribution >= 4 is 17.3 Å². The zero-order valence-corrected chi connectivity index (χ0v) is 13.1. The summed E-state index contributed by atoms with van der Waals surface area (Å²) >= 11 is 0. The third-order valence-corrected chi connectivity index (χ3v) is 3.73. The summed E-state index contributed by atoms with van der Waals surface area (Å²) in [6.07, 6.45) is 0. The van der Waals surface area contributed by atoms with Crippen LogP contribution in [0, 0.1) is 5.41 Å². The van der Waals surface area contributed by atoms with Gasteiger partial charge in [0.1, 0.15) is 0 Å². The van der Waals surface area contributed by atoms with Gasteiger partial charge in [-0.05, 0) is 29.7 Å². The van der Waals surface area contributed by atoms with Crippen molar-refractivity contribution in [1.29, 1.82) is 0 Å². The van der Waals surface area contributed by atoms with Gasteiger partial charge in [-0.3, -0.25) is 4.79 Å². The van der Waals surface area contributed by atoms with Crippen molar-refractivity contribution in [2.24, 2.45) is 11.1 Å². The van der Waals surface area contributed by atoms with Crippen molar-refractivity contribution in [3.63, 3.8) is 0 Å². The molecule has 0 spiro atoms. The highest BCUT2D eigenvalue weighted by Crippen LogP contribution is 2.21. The number of benzene rings is 1. The van der Waals surface area contributed by atoms with Gasteiger partial charge in [-0.2, -0.15) is 0 Å². The molecule has 2 rings (SSSR count). The Morgan fingerprint density at radius 2 is 1.81 bits per heavy atom. The molecule has 116 valence electrons. The van der Waals surface area contributed by atoms with E-state index in [1.54, 1.807) is 0 Å². The first-order valence-corrected chi connectivity index (χ1v) is 7.37. The fourth-order valence-corrected chi connectivity index (χ4v) is 2.19. The fourth-order valence-electron chi connectivity index (χ4n) is 2.19. The average Bonchev–Trinajstić information content (AvgIpc) is 2.47. The Balaban J connectivity index is 1.97. The Hall–Kier alpha value is -1.59. The number of nitrogens with one attached hydrogen (secondary N) is 1. The normalized spacial score (nSPS) is 17.4. The van der Waals surface area contributed by atoms with E-state index in [2.05, 4.69) is 10.2 Å². The number of rotatable bonds is 3. The summed E-state index contributed by atoms with van der Waals surface area (Å²) in [6, 6.07) is 7.33. The molecule has 1 aliphatic rings. The van der Waals surface area contributed by atoms with Crippen LogP contribution in [0.4, 0.5) is 11.4 Å². The lowest BCUT2D eigenvalue weighted by Gasteiger charge is -2.29. The van der Waals surface area contributed by atoms with Gasteiger partial charge in [0.15, 0.2) is 0 Å². The second-order valence-corrected chi connectivity index (χ2v) is 6.48. The Kier molecular flexibility index (Phi) is 4.85. The molecular weight excluding hydrogens is 266 g/mol. The summed E-state index contributed by atoms with van der Waals surface area (Å²) in [4.78, 5) is 14.4. The number of amides is 1. The first-order valence-electron chi connectivity index (χ1n) is 7.37.